The number of fused-ring (bicyclic) bond motifs is 2. The zero-order chi connectivity index (χ0) is 48.9. The molecule has 25 heteroatoms. The van der Waals surface area contributed by atoms with Crippen molar-refractivity contribution in [3.63, 3.8) is 0 Å². The molecule has 0 saturated carbocycles. The van der Waals surface area contributed by atoms with Crippen molar-refractivity contribution in [3.8, 4) is 23.0 Å². The van der Waals surface area contributed by atoms with Crippen molar-refractivity contribution in [1.82, 2.24) is 48.7 Å². The van der Waals surface area contributed by atoms with Gasteiger partial charge in [-0.3, -0.25) is 0 Å². The SMILES string of the molecule is CC(O)(CN)C(F)(F)F.CC(O)(CNc1nc(-c2cn3ccnc3c(Cc3ccccc3F)n2)ncc1F)C(F)(F)F.Fc1ccccc1Cc1nc(-c2ncc(F)c(Cl)n2)cn2ccnc12. The van der Waals surface area contributed by atoms with Crippen LogP contribution in [0.25, 0.3) is 34.3 Å². The number of nitrogens with one attached hydrogen (secondary N) is 1. The van der Waals surface area contributed by atoms with Crippen molar-refractivity contribution < 1.29 is 54.1 Å². The Bertz CT molecular complexity index is 3000. The van der Waals surface area contributed by atoms with Crippen LogP contribution in [0.5, 0.6) is 0 Å². The van der Waals surface area contributed by atoms with Crippen molar-refractivity contribution in [1.29, 1.82) is 0 Å². The Morgan fingerprint density at radius 3 is 1.48 bits per heavy atom. The molecule has 0 spiro atoms. The smallest absolute Gasteiger partial charge is 0.380 e. The van der Waals surface area contributed by atoms with Gasteiger partial charge in [-0.05, 0) is 37.1 Å². The minimum Gasteiger partial charge on any atom is -0.380 e. The fourth-order valence-electron chi connectivity index (χ4n) is 5.65. The molecule has 0 saturated heterocycles. The van der Waals surface area contributed by atoms with Gasteiger partial charge >= 0.3 is 12.4 Å². The molecule has 6 heterocycles. The van der Waals surface area contributed by atoms with Crippen LogP contribution in [0.15, 0.2) is 98.1 Å². The van der Waals surface area contributed by atoms with Gasteiger partial charge in [0.05, 0.1) is 30.3 Å². The molecule has 2 unspecified atom stereocenters. The van der Waals surface area contributed by atoms with Crippen LogP contribution in [-0.2, 0) is 12.8 Å². The Hall–Kier alpha value is -6.89. The first-order chi connectivity index (χ1) is 31.5. The molecule has 0 amide bonds. The Labute approximate surface area is 377 Å². The van der Waals surface area contributed by atoms with Gasteiger partial charge in [0.1, 0.15) is 23.0 Å². The number of hydrogen-bond donors (Lipinski definition) is 4. The van der Waals surface area contributed by atoms with Crippen molar-refractivity contribution in [2.75, 3.05) is 18.4 Å². The number of nitrogens with zero attached hydrogens (tertiary/aromatic N) is 10. The fraction of sp³-hybridized carbons (Fsp3) is 0.238. The highest BCUT2D eigenvalue weighted by Gasteiger charge is 2.50. The molecule has 2 aromatic carbocycles. The highest BCUT2D eigenvalue weighted by Crippen LogP contribution is 2.31. The molecule has 6 aromatic heterocycles. The lowest BCUT2D eigenvalue weighted by Gasteiger charge is -2.26. The highest BCUT2D eigenvalue weighted by atomic mass is 35.5. The Kier molecular flexibility index (Phi) is 14.7. The second-order valence-corrected chi connectivity index (χ2v) is 15.2. The van der Waals surface area contributed by atoms with E-state index in [1.807, 2.05) is 0 Å². The first kappa shape index (κ1) is 49.5. The largest absolute Gasteiger partial charge is 0.418 e. The van der Waals surface area contributed by atoms with Gasteiger partial charge in [0.15, 0.2) is 56.8 Å². The zero-order valence-electron chi connectivity index (χ0n) is 34.7. The van der Waals surface area contributed by atoms with E-state index in [1.165, 1.54) is 24.5 Å². The summed E-state index contributed by atoms with van der Waals surface area (Å²) >= 11 is 5.73. The molecule has 5 N–H and O–H groups in total. The summed E-state index contributed by atoms with van der Waals surface area (Å²) in [6.45, 7) is -0.649. The summed E-state index contributed by atoms with van der Waals surface area (Å²) in [6.07, 6.45) is 2.22. The summed E-state index contributed by atoms with van der Waals surface area (Å²) in [5, 5.41) is 19.9. The fourth-order valence-corrected chi connectivity index (χ4v) is 5.78. The van der Waals surface area contributed by atoms with E-state index >= 15 is 0 Å². The summed E-state index contributed by atoms with van der Waals surface area (Å²) in [7, 11) is 0. The van der Waals surface area contributed by atoms with Crippen molar-refractivity contribution in [3.05, 3.63) is 149 Å². The third-order valence-corrected chi connectivity index (χ3v) is 9.91. The van der Waals surface area contributed by atoms with Crippen LogP contribution in [0.2, 0.25) is 5.15 Å². The number of aromatic nitrogens is 10. The van der Waals surface area contributed by atoms with Gasteiger partial charge in [-0.15, -0.1) is 0 Å². The highest BCUT2D eigenvalue weighted by molar-refractivity contribution is 6.29. The average Bonchev–Trinajstić information content (AvgIpc) is 3.96. The van der Waals surface area contributed by atoms with Gasteiger partial charge < -0.3 is 30.1 Å². The van der Waals surface area contributed by atoms with Crippen molar-refractivity contribution in [2.24, 2.45) is 5.73 Å². The summed E-state index contributed by atoms with van der Waals surface area (Å²) in [5.41, 5.74) is 2.20. The second kappa shape index (κ2) is 19.9. The third kappa shape index (κ3) is 11.7. The molecule has 8 rings (SSSR count). The van der Waals surface area contributed by atoms with E-state index < -0.39 is 59.9 Å². The van der Waals surface area contributed by atoms with Crippen LogP contribution in [0, 0.1) is 23.3 Å². The Morgan fingerprint density at radius 1 is 0.612 bits per heavy atom. The molecule has 2 atom stereocenters. The van der Waals surface area contributed by atoms with Gasteiger partial charge in [-0.2, -0.15) is 26.3 Å². The van der Waals surface area contributed by atoms with E-state index in [2.05, 4.69) is 50.9 Å². The number of nitrogens with two attached hydrogens (primary N) is 1. The molecule has 67 heavy (non-hydrogen) atoms. The predicted octanol–water partition coefficient (Wildman–Crippen LogP) is 7.75. The standard InChI is InChI=1S/C21H17F5N6O.C17H10ClF2N5.C4H8F3NO/c1-20(33,21(24,25)26)11-29-17-14(23)9-28-18(31-17)16-10-32-7-6-27-19(32)15(30-16)8-12-4-2-3-5-13(12)22;18-15-12(20)8-22-16(24-15)14-9-25-6-5-21-17(25)13(23-14)7-10-3-1-2-4-11(10)19;1-3(9,2-8)4(5,6)7/h2-7,9-10,33H,8,11H2,1H3,(H,28,29,31);1-6,8-9H,7H2;9H,2,8H2,1H3. The molecule has 0 fully saturated rings. The third-order valence-electron chi connectivity index (χ3n) is 9.64. The van der Waals surface area contributed by atoms with Crippen molar-refractivity contribution >= 4 is 28.7 Å². The van der Waals surface area contributed by atoms with Crippen LogP contribution in [0.3, 0.4) is 0 Å². The second-order valence-electron chi connectivity index (χ2n) is 14.8. The first-order valence-corrected chi connectivity index (χ1v) is 19.7. The summed E-state index contributed by atoms with van der Waals surface area (Å²) in [4.78, 5) is 33.1. The molecule has 8 aromatic rings. The molecule has 0 aliphatic heterocycles. The van der Waals surface area contributed by atoms with Gasteiger partial charge in [0.25, 0.3) is 0 Å². The quantitative estimate of drug-likeness (QED) is 0.0772. The van der Waals surface area contributed by atoms with E-state index in [1.54, 1.807) is 70.0 Å². The molecule has 352 valence electrons. The number of alkyl halides is 6. The summed E-state index contributed by atoms with van der Waals surface area (Å²) in [5.74, 6) is -2.90. The van der Waals surface area contributed by atoms with E-state index in [0.717, 1.165) is 12.4 Å². The van der Waals surface area contributed by atoms with Gasteiger partial charge in [-0.1, -0.05) is 48.0 Å². The van der Waals surface area contributed by atoms with Crippen LogP contribution in [0.1, 0.15) is 36.4 Å². The van der Waals surface area contributed by atoms with E-state index in [4.69, 9.17) is 16.7 Å². The lowest BCUT2D eigenvalue weighted by molar-refractivity contribution is -0.248. The number of halogens is 11. The topological polar surface area (TPSA) is 190 Å². The molecular formula is C42H35ClF10N12O2. The monoisotopic (exact) mass is 964 g/mol. The molecule has 0 aliphatic carbocycles. The number of imidazole rings is 2. The lowest BCUT2D eigenvalue weighted by atomic mass is 10.1. The van der Waals surface area contributed by atoms with E-state index in [9.17, 15) is 49.0 Å². The lowest BCUT2D eigenvalue weighted by Crippen LogP contribution is -2.48. The maximum atomic E-state index is 14.2. The van der Waals surface area contributed by atoms with E-state index in [-0.39, 0.29) is 41.2 Å². The minimum absolute atomic E-state index is 0.0871. The molecular weight excluding hydrogens is 930 g/mol. The molecule has 14 nitrogen and oxygen atoms in total. The number of aliphatic hydroxyl groups is 2. The Morgan fingerprint density at radius 2 is 1.06 bits per heavy atom. The van der Waals surface area contributed by atoms with Crippen LogP contribution < -0.4 is 11.1 Å². The molecule has 0 aliphatic rings. The number of hydrogen-bond acceptors (Lipinski definition) is 12. The minimum atomic E-state index is -4.93. The number of benzene rings is 2. The maximum Gasteiger partial charge on any atom is 0.418 e. The van der Waals surface area contributed by atoms with Crippen LogP contribution in [-0.4, -0.2) is 95.5 Å². The average molecular weight is 965 g/mol. The molecule has 0 radical (unpaired) electrons. The first-order valence-electron chi connectivity index (χ1n) is 19.3. The zero-order valence-corrected chi connectivity index (χ0v) is 35.4. The normalized spacial score (nSPS) is 13.6. The van der Waals surface area contributed by atoms with Gasteiger partial charge in [-0.25, -0.2) is 57.4 Å². The predicted molar refractivity (Wildman–Crippen MR) is 222 cm³/mol. The van der Waals surface area contributed by atoms with Crippen LogP contribution in [0.4, 0.5) is 49.7 Å². The molecule has 0 bridgehead atoms. The maximum absolute atomic E-state index is 14.2. The van der Waals surface area contributed by atoms with Gasteiger partial charge in [0.2, 0.25) is 0 Å². The van der Waals surface area contributed by atoms with Gasteiger partial charge in [0, 0.05) is 56.6 Å². The summed E-state index contributed by atoms with van der Waals surface area (Å²) < 4.78 is 132. The van der Waals surface area contributed by atoms with Crippen molar-refractivity contribution in [2.45, 2.75) is 50.2 Å². The Balaban J connectivity index is 0.000000192. The summed E-state index contributed by atoms with van der Waals surface area (Å²) in [6, 6.07) is 12.6. The van der Waals surface area contributed by atoms with E-state index in [0.29, 0.717) is 53.4 Å². The number of anilines is 1. The number of rotatable bonds is 10. The van der Waals surface area contributed by atoms with Crippen LogP contribution >= 0.6 is 11.6 Å².